The van der Waals surface area contributed by atoms with Gasteiger partial charge in [-0.05, 0) is 60.7 Å². The molecule has 4 aromatic rings. The van der Waals surface area contributed by atoms with Crippen molar-refractivity contribution >= 4 is 57.8 Å². The van der Waals surface area contributed by atoms with Crippen LogP contribution in [0.15, 0.2) is 77.3 Å². The van der Waals surface area contributed by atoms with E-state index in [9.17, 15) is 4.79 Å². The highest BCUT2D eigenvalue weighted by molar-refractivity contribution is 7.80. The fourth-order valence-electron chi connectivity index (χ4n) is 4.52. The Labute approximate surface area is 248 Å². The molecule has 1 fully saturated rings. The summed E-state index contributed by atoms with van der Waals surface area (Å²) in [7, 11) is 1.56. The summed E-state index contributed by atoms with van der Waals surface area (Å²) in [4.78, 5) is 19.2. The summed E-state index contributed by atoms with van der Waals surface area (Å²) in [5.41, 5.74) is 2.25. The van der Waals surface area contributed by atoms with Crippen molar-refractivity contribution in [1.82, 2.24) is 10.3 Å². The minimum Gasteiger partial charge on any atom is -0.494 e. The molecule has 7 nitrogen and oxygen atoms in total. The van der Waals surface area contributed by atoms with Gasteiger partial charge in [0.2, 0.25) is 5.91 Å². The Morgan fingerprint density at radius 1 is 1.10 bits per heavy atom. The van der Waals surface area contributed by atoms with Crippen molar-refractivity contribution in [2.75, 3.05) is 17.3 Å². The van der Waals surface area contributed by atoms with E-state index in [1.165, 1.54) is 0 Å². The van der Waals surface area contributed by atoms with Crippen LogP contribution in [-0.2, 0) is 4.79 Å². The maximum Gasteiger partial charge on any atom is 0.229 e. The molecule has 3 heterocycles. The standard InChI is InChI=1S/C30H28Cl2N4O3S/c1-30(2,3)28(37)34-20-12-11-17(16-24(20)38-4)36-27(26(35-29(36)40)21-10-5-6-15-33-21)23-14-13-22(39-23)18-8-7-9-19(31)25(18)32/h5-16,26-27H,1-4H3,(H,34,37)(H,35,40)/t26-,27-/m1/s1. The van der Waals surface area contributed by atoms with Crippen molar-refractivity contribution in [2.45, 2.75) is 32.9 Å². The molecule has 1 aliphatic heterocycles. The fourth-order valence-corrected chi connectivity index (χ4v) is 5.25. The molecule has 2 aromatic heterocycles. The number of methoxy groups -OCH3 is 1. The van der Waals surface area contributed by atoms with Crippen molar-refractivity contribution < 1.29 is 13.9 Å². The highest BCUT2D eigenvalue weighted by Gasteiger charge is 2.43. The summed E-state index contributed by atoms with van der Waals surface area (Å²) in [6.45, 7) is 5.57. The van der Waals surface area contributed by atoms with E-state index in [0.717, 1.165) is 11.4 Å². The van der Waals surface area contributed by atoms with Crippen LogP contribution < -0.4 is 20.3 Å². The lowest BCUT2D eigenvalue weighted by Gasteiger charge is -2.27. The molecule has 40 heavy (non-hydrogen) atoms. The first-order valence-electron chi connectivity index (χ1n) is 12.6. The van der Waals surface area contributed by atoms with Crippen molar-refractivity contribution in [2.24, 2.45) is 5.41 Å². The van der Waals surface area contributed by atoms with Gasteiger partial charge < -0.3 is 24.7 Å². The third-order valence-corrected chi connectivity index (χ3v) is 7.76. The van der Waals surface area contributed by atoms with E-state index in [0.29, 0.717) is 43.7 Å². The quantitative estimate of drug-likeness (QED) is 0.220. The van der Waals surface area contributed by atoms with Crippen LogP contribution in [0.25, 0.3) is 11.3 Å². The average molecular weight is 596 g/mol. The molecule has 0 radical (unpaired) electrons. The van der Waals surface area contributed by atoms with Gasteiger partial charge in [-0.1, -0.05) is 56.1 Å². The predicted molar refractivity (Wildman–Crippen MR) is 163 cm³/mol. The van der Waals surface area contributed by atoms with E-state index in [1.807, 2.05) is 86.3 Å². The van der Waals surface area contributed by atoms with Gasteiger partial charge in [0.25, 0.3) is 0 Å². The number of benzene rings is 2. The number of nitrogens with one attached hydrogen (secondary N) is 2. The van der Waals surface area contributed by atoms with Gasteiger partial charge in [0.15, 0.2) is 5.11 Å². The number of thiocarbonyl (C=S) groups is 1. The zero-order valence-electron chi connectivity index (χ0n) is 22.4. The van der Waals surface area contributed by atoms with E-state index in [4.69, 9.17) is 44.6 Å². The van der Waals surface area contributed by atoms with Gasteiger partial charge >= 0.3 is 0 Å². The second kappa shape index (κ2) is 11.1. The number of hydrogen-bond donors (Lipinski definition) is 2. The Kier molecular flexibility index (Phi) is 7.77. The van der Waals surface area contributed by atoms with Gasteiger partial charge in [-0.3, -0.25) is 9.78 Å². The number of rotatable bonds is 6. The highest BCUT2D eigenvalue weighted by Crippen LogP contribution is 2.45. The zero-order chi connectivity index (χ0) is 28.6. The average Bonchev–Trinajstić information content (AvgIpc) is 3.55. The first kappa shape index (κ1) is 28.0. The third kappa shape index (κ3) is 5.39. The second-order valence-corrected chi connectivity index (χ2v) is 11.6. The van der Waals surface area contributed by atoms with Crippen LogP contribution in [0, 0.1) is 5.41 Å². The summed E-state index contributed by atoms with van der Waals surface area (Å²) < 4.78 is 12.1. The zero-order valence-corrected chi connectivity index (χ0v) is 24.7. The highest BCUT2D eigenvalue weighted by atomic mass is 35.5. The van der Waals surface area contributed by atoms with Crippen LogP contribution in [-0.4, -0.2) is 23.1 Å². The van der Waals surface area contributed by atoms with E-state index in [1.54, 1.807) is 19.4 Å². The molecule has 2 atom stereocenters. The molecule has 2 aromatic carbocycles. The van der Waals surface area contributed by atoms with Crippen LogP contribution in [0.5, 0.6) is 5.75 Å². The lowest BCUT2D eigenvalue weighted by molar-refractivity contribution is -0.123. The Bertz CT molecular complexity index is 1570. The summed E-state index contributed by atoms with van der Waals surface area (Å²) >= 11 is 18.6. The van der Waals surface area contributed by atoms with Gasteiger partial charge in [-0.25, -0.2) is 0 Å². The van der Waals surface area contributed by atoms with Crippen LogP contribution in [0.1, 0.15) is 44.3 Å². The van der Waals surface area contributed by atoms with Crippen molar-refractivity contribution in [1.29, 1.82) is 0 Å². The van der Waals surface area contributed by atoms with Crippen LogP contribution in [0.4, 0.5) is 11.4 Å². The molecule has 0 saturated carbocycles. The molecule has 0 unspecified atom stereocenters. The largest absolute Gasteiger partial charge is 0.494 e. The number of furan rings is 1. The molecular formula is C30H28Cl2N4O3S. The Morgan fingerprint density at radius 3 is 2.60 bits per heavy atom. The monoisotopic (exact) mass is 594 g/mol. The minimum atomic E-state index is -0.562. The predicted octanol–water partition coefficient (Wildman–Crippen LogP) is 7.82. The summed E-state index contributed by atoms with van der Waals surface area (Å²) in [5, 5.41) is 7.73. The molecule has 1 amide bonds. The minimum absolute atomic E-state index is 0.118. The lowest BCUT2D eigenvalue weighted by atomic mass is 9.95. The first-order valence-corrected chi connectivity index (χ1v) is 13.8. The normalized spacial score (nSPS) is 17.1. The number of carbonyl (C=O) groups is 1. The van der Waals surface area contributed by atoms with Gasteiger partial charge in [-0.15, -0.1) is 0 Å². The molecular weight excluding hydrogens is 567 g/mol. The maximum absolute atomic E-state index is 12.7. The molecule has 5 rings (SSSR count). The fraction of sp³-hybridized carbons (Fsp3) is 0.233. The molecule has 2 N–H and O–H groups in total. The van der Waals surface area contributed by atoms with Crippen LogP contribution >= 0.6 is 35.4 Å². The van der Waals surface area contributed by atoms with E-state index < -0.39 is 11.5 Å². The smallest absolute Gasteiger partial charge is 0.229 e. The van der Waals surface area contributed by atoms with E-state index in [2.05, 4.69) is 15.6 Å². The van der Waals surface area contributed by atoms with Crippen molar-refractivity contribution in [3.05, 3.63) is 94.4 Å². The topological polar surface area (TPSA) is 79.6 Å². The van der Waals surface area contributed by atoms with Gasteiger partial charge in [0.05, 0.1) is 34.6 Å². The van der Waals surface area contributed by atoms with Crippen molar-refractivity contribution in [3.63, 3.8) is 0 Å². The Balaban J connectivity index is 1.57. The van der Waals surface area contributed by atoms with Crippen LogP contribution in [0.3, 0.4) is 0 Å². The van der Waals surface area contributed by atoms with Gasteiger partial charge in [0.1, 0.15) is 23.3 Å². The summed E-state index contributed by atoms with van der Waals surface area (Å²) in [6, 6.07) is 19.8. The number of ether oxygens (including phenoxy) is 1. The number of pyridine rings is 1. The summed E-state index contributed by atoms with van der Waals surface area (Å²) in [5.74, 6) is 1.62. The Hall–Kier alpha value is -3.59. The molecule has 10 heteroatoms. The number of aromatic nitrogens is 1. The van der Waals surface area contributed by atoms with Crippen LogP contribution in [0.2, 0.25) is 10.0 Å². The molecule has 206 valence electrons. The van der Waals surface area contributed by atoms with E-state index in [-0.39, 0.29) is 11.9 Å². The molecule has 1 aliphatic rings. The number of amides is 1. The SMILES string of the molecule is COc1cc(N2C(=S)N[C@H](c3ccccn3)[C@H]2c2ccc(-c3cccc(Cl)c3Cl)o2)ccc1NC(=O)C(C)(C)C. The molecule has 0 spiro atoms. The molecule has 0 aliphatic carbocycles. The lowest BCUT2D eigenvalue weighted by Crippen LogP contribution is -2.30. The third-order valence-electron chi connectivity index (χ3n) is 6.63. The first-order chi connectivity index (χ1) is 19.1. The summed E-state index contributed by atoms with van der Waals surface area (Å²) in [6.07, 6.45) is 1.74. The maximum atomic E-state index is 12.7. The molecule has 1 saturated heterocycles. The number of nitrogens with zero attached hydrogens (tertiary/aromatic N) is 2. The van der Waals surface area contributed by atoms with Gasteiger partial charge in [-0.2, -0.15) is 0 Å². The number of carbonyl (C=O) groups excluding carboxylic acids is 1. The van der Waals surface area contributed by atoms with Crippen molar-refractivity contribution in [3.8, 4) is 17.1 Å². The Morgan fingerprint density at radius 2 is 1.90 bits per heavy atom. The second-order valence-electron chi connectivity index (χ2n) is 10.4. The number of anilines is 2. The van der Waals surface area contributed by atoms with Gasteiger partial charge in [0, 0.05) is 28.9 Å². The molecule has 0 bridgehead atoms. The van der Waals surface area contributed by atoms with E-state index >= 15 is 0 Å². The number of halogens is 2. The number of hydrogen-bond acceptors (Lipinski definition) is 5.